The van der Waals surface area contributed by atoms with Crippen molar-refractivity contribution in [1.82, 2.24) is 0 Å². The van der Waals surface area contributed by atoms with Gasteiger partial charge in [0.1, 0.15) is 54.3 Å². The van der Waals surface area contributed by atoms with Crippen molar-refractivity contribution >= 4 is 38.0 Å². The van der Waals surface area contributed by atoms with Gasteiger partial charge in [0.05, 0.1) is 52.7 Å². The molecular formula is C65H57O12P3. The van der Waals surface area contributed by atoms with Gasteiger partial charge in [-0.2, -0.15) is 0 Å². The number of aliphatic hydroxyl groups excluding tert-OH is 3. The molecule has 3 N–H and O–H groups in total. The van der Waals surface area contributed by atoms with Gasteiger partial charge in [0.25, 0.3) is 22.1 Å². The van der Waals surface area contributed by atoms with Crippen LogP contribution in [0.2, 0.25) is 0 Å². The highest BCUT2D eigenvalue weighted by Crippen LogP contribution is 2.57. The molecule has 80 heavy (non-hydrogen) atoms. The highest BCUT2D eigenvalue weighted by atomic mass is 31.2. The van der Waals surface area contributed by atoms with Crippen LogP contribution in [0.1, 0.15) is 22.3 Å². The van der Waals surface area contributed by atoms with E-state index in [-0.39, 0.29) is 38.3 Å². The molecule has 3 aliphatic rings. The number of hydrogen-bond acceptors (Lipinski definition) is 12. The Bertz CT molecular complexity index is 3730. The Morgan fingerprint density at radius 1 is 0.325 bits per heavy atom. The molecule has 404 valence electrons. The molecule has 0 saturated carbocycles. The molecule has 12 nitrogen and oxygen atoms in total. The standard InChI is InChI=1S/C65H57O12P3/c66-48(41-78(69)62-33-14-6-25-54(62)51-22-3-11-30-59(51)75-78)38-72-57-28-9-1-18-44(57)36-46-20-17-21-47(65(46)74-40-50(68)43-80(71)64-35-16-8-27-56(64)53-24-5-13-32-61(53)77-80)37-45-19-2-10-29-58(45)73-39-49(67)42-79(70)63-34-15-7-26-55(63)52-23-4-12-31-60(52)76-79/h1-35,48-50,66-68H,36-43H2. The largest absolute Gasteiger partial charge is 0.491 e. The molecule has 0 saturated heterocycles. The summed E-state index contributed by atoms with van der Waals surface area (Å²) in [7, 11) is -10.8. The molecule has 3 aliphatic heterocycles. The fraction of sp³-hybridized carbons (Fsp3) is 0.169. The van der Waals surface area contributed by atoms with Gasteiger partial charge in [0.15, 0.2) is 0 Å². The average molecular weight is 1120 g/mol. The van der Waals surface area contributed by atoms with E-state index in [1.165, 1.54) is 0 Å². The molecule has 9 aromatic rings. The Kier molecular flexibility index (Phi) is 14.9. The van der Waals surface area contributed by atoms with Crippen LogP contribution in [0.15, 0.2) is 212 Å². The van der Waals surface area contributed by atoms with E-state index < -0.39 is 40.4 Å². The molecule has 0 radical (unpaired) electrons. The van der Waals surface area contributed by atoms with Crippen LogP contribution in [0, 0.1) is 0 Å². The summed E-state index contributed by atoms with van der Waals surface area (Å²) in [4.78, 5) is 0. The zero-order valence-electron chi connectivity index (χ0n) is 43.5. The summed E-state index contributed by atoms with van der Waals surface area (Å²) >= 11 is 0. The summed E-state index contributed by atoms with van der Waals surface area (Å²) in [6.45, 7) is -0.574. The maximum absolute atomic E-state index is 14.9. The van der Waals surface area contributed by atoms with Crippen molar-refractivity contribution < 1.29 is 56.8 Å². The van der Waals surface area contributed by atoms with Crippen molar-refractivity contribution in [3.05, 3.63) is 235 Å². The minimum Gasteiger partial charge on any atom is -0.491 e. The van der Waals surface area contributed by atoms with Gasteiger partial charge in [0.2, 0.25) is 0 Å². The van der Waals surface area contributed by atoms with Crippen LogP contribution in [0.4, 0.5) is 0 Å². The normalized spacial score (nSPS) is 19.3. The molecule has 3 heterocycles. The second-order valence-corrected chi connectivity index (χ2v) is 27.4. The Hall–Kier alpha value is -7.65. The van der Waals surface area contributed by atoms with E-state index in [1.807, 2.05) is 176 Å². The average Bonchev–Trinajstić information content (AvgIpc) is 3.51. The number of hydrogen-bond donors (Lipinski definition) is 3. The molecule has 0 fully saturated rings. The van der Waals surface area contributed by atoms with E-state index in [0.717, 1.165) is 55.6 Å². The van der Waals surface area contributed by atoms with E-state index in [9.17, 15) is 29.0 Å². The lowest BCUT2D eigenvalue weighted by atomic mass is 9.96. The maximum atomic E-state index is 14.9. The lowest BCUT2D eigenvalue weighted by Gasteiger charge is -2.30. The quantitative estimate of drug-likeness (QED) is 0.0657. The van der Waals surface area contributed by atoms with Gasteiger partial charge >= 0.3 is 0 Å². The van der Waals surface area contributed by atoms with E-state index in [1.54, 1.807) is 36.4 Å². The third kappa shape index (κ3) is 10.8. The van der Waals surface area contributed by atoms with Crippen molar-refractivity contribution in [2.45, 2.75) is 31.2 Å². The highest BCUT2D eigenvalue weighted by molar-refractivity contribution is 7.68. The van der Waals surface area contributed by atoms with Crippen LogP contribution >= 0.6 is 22.1 Å². The summed E-state index contributed by atoms with van der Waals surface area (Å²) in [5, 5.41) is 36.5. The van der Waals surface area contributed by atoms with Crippen molar-refractivity contribution in [2.75, 3.05) is 38.3 Å². The van der Waals surface area contributed by atoms with E-state index >= 15 is 0 Å². The third-order valence-electron chi connectivity index (χ3n) is 14.6. The topological polar surface area (TPSA) is 167 Å². The van der Waals surface area contributed by atoms with E-state index in [4.69, 9.17) is 27.8 Å². The highest BCUT2D eigenvalue weighted by Gasteiger charge is 2.41. The lowest BCUT2D eigenvalue weighted by Crippen LogP contribution is -2.29. The zero-order valence-corrected chi connectivity index (χ0v) is 46.1. The Labute approximate surface area is 464 Å². The first-order chi connectivity index (χ1) is 38.9. The van der Waals surface area contributed by atoms with E-state index in [2.05, 4.69) is 0 Å². The predicted octanol–water partition coefficient (Wildman–Crippen LogP) is 12.1. The smallest absolute Gasteiger partial charge is 0.280 e. The molecule has 15 heteroatoms. The number of fused-ring (bicyclic) bond motifs is 9. The summed E-state index contributed by atoms with van der Waals surface area (Å²) in [6.07, 6.45) is -3.48. The monoisotopic (exact) mass is 1120 g/mol. The van der Waals surface area contributed by atoms with Gasteiger partial charge < -0.3 is 43.1 Å². The Morgan fingerprint density at radius 3 is 0.988 bits per heavy atom. The van der Waals surface area contributed by atoms with Crippen LogP contribution in [0.25, 0.3) is 33.4 Å². The second-order valence-electron chi connectivity index (χ2n) is 20.3. The minimum absolute atomic E-state index is 0.165. The van der Waals surface area contributed by atoms with Crippen molar-refractivity contribution in [3.63, 3.8) is 0 Å². The zero-order chi connectivity index (χ0) is 54.8. The molecule has 6 unspecified atom stereocenters. The molecule has 0 amide bonds. The number of para-hydroxylation sites is 6. The van der Waals surface area contributed by atoms with Crippen LogP contribution < -0.4 is 43.7 Å². The molecule has 0 aromatic heterocycles. The molecule has 0 bridgehead atoms. The first kappa shape index (κ1) is 53.0. The SMILES string of the molecule is O=P1(CC(O)COc2ccccc2Cc2cccc(Cc3ccccc3OCC(O)CP3(=O)Oc4ccccc4-c4ccccc43)c2OCC(O)CP2(=O)Oc3ccccc3-c3ccccc32)Oc2ccccc2-c2ccccc21. The molecule has 0 aliphatic carbocycles. The molecule has 6 atom stereocenters. The fourth-order valence-corrected chi connectivity index (χ4v) is 18.1. The van der Waals surface area contributed by atoms with Crippen LogP contribution in [-0.2, 0) is 26.5 Å². The first-order valence-electron chi connectivity index (χ1n) is 26.6. The number of ether oxygens (including phenoxy) is 3. The number of aliphatic hydroxyl groups is 3. The number of benzene rings is 9. The van der Waals surface area contributed by atoms with Crippen LogP contribution in [-0.4, -0.2) is 71.9 Å². The maximum Gasteiger partial charge on any atom is 0.280 e. The van der Waals surface area contributed by atoms with Gasteiger partial charge in [-0.05, 0) is 87.5 Å². The molecule has 0 spiro atoms. The predicted molar refractivity (Wildman–Crippen MR) is 313 cm³/mol. The van der Waals surface area contributed by atoms with Crippen LogP contribution in [0.3, 0.4) is 0 Å². The van der Waals surface area contributed by atoms with Gasteiger partial charge in [-0.3, -0.25) is 13.7 Å². The summed E-state index contributed by atoms with van der Waals surface area (Å²) in [5.41, 5.74) is 7.95. The molecule has 9 aromatic carbocycles. The van der Waals surface area contributed by atoms with E-state index in [0.29, 0.717) is 63.3 Å². The van der Waals surface area contributed by atoms with Crippen molar-refractivity contribution in [3.8, 4) is 67.9 Å². The van der Waals surface area contributed by atoms with Gasteiger partial charge in [-0.25, -0.2) is 0 Å². The van der Waals surface area contributed by atoms with Crippen molar-refractivity contribution in [2.24, 2.45) is 0 Å². The number of rotatable bonds is 19. The summed E-state index contributed by atoms with van der Waals surface area (Å²) in [6, 6.07) is 65.3. The van der Waals surface area contributed by atoms with Crippen LogP contribution in [0.5, 0.6) is 34.5 Å². The molecular weight excluding hydrogens is 1070 g/mol. The fourth-order valence-electron chi connectivity index (χ4n) is 11.0. The Balaban J connectivity index is 0.792. The van der Waals surface area contributed by atoms with Crippen molar-refractivity contribution in [1.29, 1.82) is 0 Å². The van der Waals surface area contributed by atoms with Gasteiger partial charge in [-0.1, -0.05) is 164 Å². The first-order valence-corrected chi connectivity index (χ1v) is 32.0. The lowest BCUT2D eigenvalue weighted by molar-refractivity contribution is 0.122. The molecule has 12 rings (SSSR count). The summed E-state index contributed by atoms with van der Waals surface area (Å²) < 4.78 is 82.2. The Morgan fingerprint density at radius 2 is 0.613 bits per heavy atom. The second kappa shape index (κ2) is 22.5. The third-order valence-corrected chi connectivity index (χ3v) is 22.2. The minimum atomic E-state index is -3.64. The summed E-state index contributed by atoms with van der Waals surface area (Å²) in [5.74, 6) is 2.95. The van der Waals surface area contributed by atoms with Gasteiger partial charge in [-0.15, -0.1) is 0 Å². The van der Waals surface area contributed by atoms with Gasteiger partial charge in [0, 0.05) is 29.5 Å².